The standard InChI is InChI=1S/C16H21N3OS/c1-10(15-11(2)21-12(3)19-15)18-9-13-5-7-14(8-6-13)16(20)17-4/h5-8,10,18H,9H2,1-4H3,(H,17,20). The molecule has 0 fully saturated rings. The number of hydrogen-bond acceptors (Lipinski definition) is 4. The van der Waals surface area contributed by atoms with Crippen molar-refractivity contribution in [3.05, 3.63) is 51.0 Å². The molecule has 0 aliphatic carbocycles. The van der Waals surface area contributed by atoms with Gasteiger partial charge in [0, 0.05) is 30.1 Å². The predicted octanol–water partition coefficient (Wildman–Crippen LogP) is 2.97. The first kappa shape index (κ1) is 15.7. The average molecular weight is 303 g/mol. The zero-order chi connectivity index (χ0) is 15.4. The van der Waals surface area contributed by atoms with E-state index in [4.69, 9.17) is 0 Å². The lowest BCUT2D eigenvalue weighted by molar-refractivity contribution is 0.0963. The van der Waals surface area contributed by atoms with E-state index in [1.807, 2.05) is 31.2 Å². The van der Waals surface area contributed by atoms with E-state index in [9.17, 15) is 4.79 Å². The number of aryl methyl sites for hydroxylation is 2. The van der Waals surface area contributed by atoms with Gasteiger partial charge in [0.25, 0.3) is 5.91 Å². The smallest absolute Gasteiger partial charge is 0.251 e. The van der Waals surface area contributed by atoms with Crippen LogP contribution >= 0.6 is 11.3 Å². The van der Waals surface area contributed by atoms with Gasteiger partial charge < -0.3 is 10.6 Å². The van der Waals surface area contributed by atoms with Crippen LogP contribution in [0, 0.1) is 13.8 Å². The summed E-state index contributed by atoms with van der Waals surface area (Å²) in [5, 5.41) is 7.20. The molecular formula is C16H21N3OS. The molecule has 1 aromatic carbocycles. The zero-order valence-corrected chi connectivity index (χ0v) is 13.7. The molecular weight excluding hydrogens is 282 g/mol. The van der Waals surface area contributed by atoms with E-state index < -0.39 is 0 Å². The molecule has 0 spiro atoms. The van der Waals surface area contributed by atoms with E-state index in [-0.39, 0.29) is 11.9 Å². The minimum Gasteiger partial charge on any atom is -0.355 e. The second-order valence-corrected chi connectivity index (χ2v) is 6.46. The van der Waals surface area contributed by atoms with Crippen LogP contribution in [0.4, 0.5) is 0 Å². The van der Waals surface area contributed by atoms with Gasteiger partial charge in [-0.15, -0.1) is 11.3 Å². The molecule has 0 aliphatic rings. The largest absolute Gasteiger partial charge is 0.355 e. The Balaban J connectivity index is 1.96. The highest BCUT2D eigenvalue weighted by atomic mass is 32.1. The summed E-state index contributed by atoms with van der Waals surface area (Å²) in [5.41, 5.74) is 2.96. The van der Waals surface area contributed by atoms with Gasteiger partial charge in [-0.2, -0.15) is 0 Å². The number of benzene rings is 1. The lowest BCUT2D eigenvalue weighted by Gasteiger charge is -2.13. The Kier molecular flexibility index (Phi) is 5.09. The molecule has 1 heterocycles. The van der Waals surface area contributed by atoms with Crippen LogP contribution in [0.15, 0.2) is 24.3 Å². The quantitative estimate of drug-likeness (QED) is 0.893. The summed E-state index contributed by atoms with van der Waals surface area (Å²) in [4.78, 5) is 17.3. The number of rotatable bonds is 5. The van der Waals surface area contributed by atoms with Gasteiger partial charge in [0.15, 0.2) is 0 Å². The van der Waals surface area contributed by atoms with Crippen molar-refractivity contribution in [2.24, 2.45) is 0 Å². The van der Waals surface area contributed by atoms with Crippen molar-refractivity contribution in [1.82, 2.24) is 15.6 Å². The third-order valence-corrected chi connectivity index (χ3v) is 4.31. The van der Waals surface area contributed by atoms with Crippen molar-refractivity contribution in [2.75, 3.05) is 7.05 Å². The highest BCUT2D eigenvalue weighted by Crippen LogP contribution is 2.22. The molecule has 2 aromatic rings. The van der Waals surface area contributed by atoms with Gasteiger partial charge in [-0.05, 0) is 38.5 Å². The molecule has 1 aromatic heterocycles. The average Bonchev–Trinajstić information content (AvgIpc) is 2.83. The maximum absolute atomic E-state index is 11.5. The molecule has 4 nitrogen and oxygen atoms in total. The number of nitrogens with one attached hydrogen (secondary N) is 2. The van der Waals surface area contributed by atoms with E-state index in [0.29, 0.717) is 5.56 Å². The molecule has 5 heteroatoms. The lowest BCUT2D eigenvalue weighted by atomic mass is 10.1. The van der Waals surface area contributed by atoms with Gasteiger partial charge in [0.05, 0.1) is 10.7 Å². The van der Waals surface area contributed by atoms with Crippen LogP contribution in [0.3, 0.4) is 0 Å². The summed E-state index contributed by atoms with van der Waals surface area (Å²) < 4.78 is 0. The fourth-order valence-electron chi connectivity index (χ4n) is 2.23. The van der Waals surface area contributed by atoms with E-state index >= 15 is 0 Å². The highest BCUT2D eigenvalue weighted by Gasteiger charge is 2.12. The van der Waals surface area contributed by atoms with Gasteiger partial charge in [0.1, 0.15) is 0 Å². The van der Waals surface area contributed by atoms with Gasteiger partial charge in [-0.3, -0.25) is 4.79 Å². The molecule has 0 saturated carbocycles. The van der Waals surface area contributed by atoms with Crippen LogP contribution in [-0.2, 0) is 6.54 Å². The maximum atomic E-state index is 11.5. The van der Waals surface area contributed by atoms with Crippen molar-refractivity contribution < 1.29 is 4.79 Å². The molecule has 0 bridgehead atoms. The Labute approximate surface area is 129 Å². The normalized spacial score (nSPS) is 12.2. The summed E-state index contributed by atoms with van der Waals surface area (Å²) in [5.74, 6) is -0.0588. The summed E-state index contributed by atoms with van der Waals surface area (Å²) in [6, 6.07) is 7.86. The van der Waals surface area contributed by atoms with E-state index in [0.717, 1.165) is 22.8 Å². The first-order valence-electron chi connectivity index (χ1n) is 6.99. The van der Waals surface area contributed by atoms with Crippen LogP contribution in [0.2, 0.25) is 0 Å². The predicted molar refractivity (Wildman–Crippen MR) is 86.7 cm³/mol. The molecule has 21 heavy (non-hydrogen) atoms. The van der Waals surface area contributed by atoms with Crippen LogP contribution in [0.25, 0.3) is 0 Å². The van der Waals surface area contributed by atoms with Crippen molar-refractivity contribution in [3.8, 4) is 0 Å². The number of hydrogen-bond donors (Lipinski definition) is 2. The van der Waals surface area contributed by atoms with E-state index in [2.05, 4.69) is 29.5 Å². The maximum Gasteiger partial charge on any atom is 0.251 e. The first-order chi connectivity index (χ1) is 10.0. The van der Waals surface area contributed by atoms with Crippen LogP contribution in [0.5, 0.6) is 0 Å². The van der Waals surface area contributed by atoms with Gasteiger partial charge in [-0.1, -0.05) is 12.1 Å². The van der Waals surface area contributed by atoms with Gasteiger partial charge in [-0.25, -0.2) is 4.98 Å². The SMILES string of the molecule is CNC(=O)c1ccc(CNC(C)c2nc(C)sc2C)cc1. The Morgan fingerprint density at radius 2 is 1.95 bits per heavy atom. The zero-order valence-electron chi connectivity index (χ0n) is 12.9. The Morgan fingerprint density at radius 3 is 2.48 bits per heavy atom. The van der Waals surface area contributed by atoms with Crippen molar-refractivity contribution in [3.63, 3.8) is 0 Å². The Bertz CT molecular complexity index is 619. The monoisotopic (exact) mass is 303 g/mol. The molecule has 1 amide bonds. The van der Waals surface area contributed by atoms with Gasteiger partial charge >= 0.3 is 0 Å². The number of thiazole rings is 1. The highest BCUT2D eigenvalue weighted by molar-refractivity contribution is 7.11. The first-order valence-corrected chi connectivity index (χ1v) is 7.81. The van der Waals surface area contributed by atoms with Crippen molar-refractivity contribution in [2.45, 2.75) is 33.4 Å². The van der Waals surface area contributed by atoms with Crippen LogP contribution in [-0.4, -0.2) is 17.9 Å². The Morgan fingerprint density at radius 1 is 1.29 bits per heavy atom. The number of aromatic nitrogens is 1. The van der Waals surface area contributed by atoms with Gasteiger partial charge in [0.2, 0.25) is 0 Å². The number of carbonyl (C=O) groups excluding carboxylic acids is 1. The van der Waals surface area contributed by atoms with Crippen molar-refractivity contribution >= 4 is 17.2 Å². The van der Waals surface area contributed by atoms with Crippen LogP contribution < -0.4 is 10.6 Å². The molecule has 2 N–H and O–H groups in total. The summed E-state index contributed by atoms with van der Waals surface area (Å²) >= 11 is 1.73. The topological polar surface area (TPSA) is 54.0 Å². The molecule has 112 valence electrons. The molecule has 0 radical (unpaired) electrons. The van der Waals surface area contributed by atoms with E-state index in [1.165, 1.54) is 4.88 Å². The number of nitrogens with zero attached hydrogens (tertiary/aromatic N) is 1. The van der Waals surface area contributed by atoms with E-state index in [1.54, 1.807) is 18.4 Å². The fourth-order valence-corrected chi connectivity index (χ4v) is 3.15. The third kappa shape index (κ3) is 3.89. The number of amides is 1. The second-order valence-electron chi connectivity index (χ2n) is 5.05. The summed E-state index contributed by atoms with van der Waals surface area (Å²) in [6.07, 6.45) is 0. The molecule has 0 aliphatic heterocycles. The fraction of sp³-hybridized carbons (Fsp3) is 0.375. The molecule has 1 atom stereocenters. The number of carbonyl (C=O) groups is 1. The molecule has 0 saturated heterocycles. The van der Waals surface area contributed by atoms with Crippen LogP contribution in [0.1, 0.15) is 44.5 Å². The molecule has 2 rings (SSSR count). The second kappa shape index (κ2) is 6.83. The summed E-state index contributed by atoms with van der Waals surface area (Å²) in [7, 11) is 1.64. The lowest BCUT2D eigenvalue weighted by Crippen LogP contribution is -2.20. The summed E-state index contributed by atoms with van der Waals surface area (Å²) in [6.45, 7) is 7.02. The van der Waals surface area contributed by atoms with Crippen molar-refractivity contribution in [1.29, 1.82) is 0 Å². The third-order valence-electron chi connectivity index (χ3n) is 3.41. The Hall–Kier alpha value is -1.72. The molecule has 1 unspecified atom stereocenters. The minimum absolute atomic E-state index is 0.0588. The minimum atomic E-state index is -0.0588.